The highest BCUT2D eigenvalue weighted by atomic mass is 16.5. The third kappa shape index (κ3) is 1.96. The number of benzene rings is 4. The molecule has 30 heavy (non-hydrogen) atoms. The topological polar surface area (TPSA) is 26.3 Å². The predicted octanol–water partition coefficient (Wildman–Crippen LogP) is 6.00. The van der Waals surface area contributed by atoms with Gasteiger partial charge in [-0.2, -0.15) is 0 Å². The van der Waals surface area contributed by atoms with Gasteiger partial charge in [-0.15, -0.1) is 0 Å². The second-order valence-electron chi connectivity index (χ2n) is 8.39. The van der Waals surface area contributed by atoms with E-state index in [2.05, 4.69) is 72.8 Å². The first-order valence-electron chi connectivity index (χ1n) is 10.4. The van der Waals surface area contributed by atoms with Crippen molar-refractivity contribution in [3.05, 3.63) is 118 Å². The fraction of sp³-hybridized carbons (Fsp3) is 0.107. The summed E-state index contributed by atoms with van der Waals surface area (Å²) < 4.78 is 5.89. The molecule has 1 heterocycles. The van der Waals surface area contributed by atoms with Crippen molar-refractivity contribution in [3.63, 3.8) is 0 Å². The van der Waals surface area contributed by atoms with Gasteiger partial charge < -0.3 is 4.74 Å². The molecule has 0 aromatic heterocycles. The third-order valence-corrected chi connectivity index (χ3v) is 6.93. The first-order chi connectivity index (χ1) is 14.8. The number of hydrogen-bond acceptors (Lipinski definition) is 2. The Morgan fingerprint density at radius 2 is 1.60 bits per heavy atom. The molecule has 2 heteroatoms. The maximum atomic E-state index is 13.4. The van der Waals surface area contributed by atoms with Crippen LogP contribution < -0.4 is 4.74 Å². The number of allylic oxidation sites excluding steroid dienone is 1. The van der Waals surface area contributed by atoms with Crippen molar-refractivity contribution in [2.45, 2.75) is 18.3 Å². The van der Waals surface area contributed by atoms with Crippen molar-refractivity contribution in [2.24, 2.45) is 0 Å². The molecule has 0 spiro atoms. The van der Waals surface area contributed by atoms with E-state index in [-0.39, 0.29) is 17.8 Å². The first kappa shape index (κ1) is 16.2. The van der Waals surface area contributed by atoms with Crippen LogP contribution in [0.2, 0.25) is 0 Å². The molecule has 0 N–H and O–H groups in total. The van der Waals surface area contributed by atoms with Crippen LogP contribution in [0.1, 0.15) is 39.7 Å². The Morgan fingerprint density at radius 3 is 2.50 bits per heavy atom. The number of esters is 1. The average molecular weight is 386 g/mol. The van der Waals surface area contributed by atoms with Gasteiger partial charge in [0.15, 0.2) is 0 Å². The molecule has 142 valence electrons. The molecule has 4 aromatic rings. The summed E-state index contributed by atoms with van der Waals surface area (Å²) in [5.74, 6) is 0.339. The molecule has 0 radical (unpaired) electrons. The van der Waals surface area contributed by atoms with Crippen LogP contribution in [0, 0.1) is 0 Å². The average Bonchev–Trinajstić information content (AvgIpc) is 3.16. The molecule has 2 aliphatic carbocycles. The smallest absolute Gasteiger partial charge is 0.323 e. The summed E-state index contributed by atoms with van der Waals surface area (Å²) >= 11 is 0. The molecule has 4 aromatic carbocycles. The van der Waals surface area contributed by atoms with Crippen LogP contribution in [0.4, 0.5) is 0 Å². The second-order valence-corrected chi connectivity index (χ2v) is 8.39. The fourth-order valence-electron chi connectivity index (χ4n) is 5.81. The van der Waals surface area contributed by atoms with E-state index >= 15 is 0 Å². The molecule has 2 atom stereocenters. The monoisotopic (exact) mass is 386 g/mol. The van der Waals surface area contributed by atoms with Gasteiger partial charge in [-0.05, 0) is 56.8 Å². The van der Waals surface area contributed by atoms with Crippen LogP contribution in [0.3, 0.4) is 0 Å². The molecular weight excluding hydrogens is 368 g/mol. The Balaban J connectivity index is 1.63. The van der Waals surface area contributed by atoms with Gasteiger partial charge in [0.1, 0.15) is 11.7 Å². The van der Waals surface area contributed by atoms with Crippen molar-refractivity contribution in [3.8, 4) is 5.75 Å². The van der Waals surface area contributed by atoms with Crippen LogP contribution in [0.5, 0.6) is 5.75 Å². The minimum atomic E-state index is -0.350. The van der Waals surface area contributed by atoms with Gasteiger partial charge in [-0.1, -0.05) is 78.9 Å². The van der Waals surface area contributed by atoms with E-state index in [0.717, 1.165) is 22.8 Å². The van der Waals surface area contributed by atoms with Crippen molar-refractivity contribution < 1.29 is 9.53 Å². The molecule has 0 amide bonds. The number of hydrogen-bond donors (Lipinski definition) is 0. The molecule has 7 rings (SSSR count). The maximum absolute atomic E-state index is 13.4. The molecule has 2 unspecified atom stereocenters. The minimum Gasteiger partial charge on any atom is -0.425 e. The summed E-state index contributed by atoms with van der Waals surface area (Å²) in [6.07, 6.45) is 0.883. The van der Waals surface area contributed by atoms with Crippen molar-refractivity contribution in [1.29, 1.82) is 0 Å². The Morgan fingerprint density at radius 1 is 0.767 bits per heavy atom. The van der Waals surface area contributed by atoms with Crippen LogP contribution in [0.25, 0.3) is 16.3 Å². The maximum Gasteiger partial charge on any atom is 0.323 e. The van der Waals surface area contributed by atoms with Crippen LogP contribution >= 0.6 is 0 Å². The van der Waals surface area contributed by atoms with E-state index in [4.69, 9.17) is 4.74 Å². The Kier molecular flexibility index (Phi) is 3.07. The van der Waals surface area contributed by atoms with E-state index in [1.165, 1.54) is 33.4 Å². The molecule has 0 saturated carbocycles. The zero-order valence-electron chi connectivity index (χ0n) is 16.3. The van der Waals surface area contributed by atoms with E-state index < -0.39 is 0 Å². The largest absolute Gasteiger partial charge is 0.425 e. The van der Waals surface area contributed by atoms with Gasteiger partial charge in [0.2, 0.25) is 0 Å². The van der Waals surface area contributed by atoms with Gasteiger partial charge in [-0.25, -0.2) is 0 Å². The highest BCUT2D eigenvalue weighted by Crippen LogP contribution is 2.58. The van der Waals surface area contributed by atoms with Gasteiger partial charge in [0, 0.05) is 11.3 Å². The number of carbonyl (C=O) groups excluding carboxylic acids is 1. The Labute approximate surface area is 174 Å². The molecule has 0 fully saturated rings. The highest BCUT2D eigenvalue weighted by molar-refractivity contribution is 6.09. The zero-order chi connectivity index (χ0) is 19.8. The highest BCUT2D eigenvalue weighted by Gasteiger charge is 2.46. The number of carbonyl (C=O) groups is 1. The van der Waals surface area contributed by atoms with Crippen molar-refractivity contribution in [1.82, 2.24) is 0 Å². The zero-order valence-corrected chi connectivity index (χ0v) is 16.3. The molecule has 1 aliphatic heterocycles. The lowest BCUT2D eigenvalue weighted by molar-refractivity contribution is -0.135. The second kappa shape index (κ2) is 5.70. The molecule has 2 nitrogen and oxygen atoms in total. The van der Waals surface area contributed by atoms with E-state index in [1.54, 1.807) is 0 Å². The summed E-state index contributed by atoms with van der Waals surface area (Å²) in [7, 11) is 0. The van der Waals surface area contributed by atoms with Crippen LogP contribution in [-0.4, -0.2) is 5.97 Å². The van der Waals surface area contributed by atoms with Crippen LogP contribution in [-0.2, 0) is 11.2 Å². The summed E-state index contributed by atoms with van der Waals surface area (Å²) in [6.45, 7) is 0. The summed E-state index contributed by atoms with van der Waals surface area (Å²) in [4.78, 5) is 13.4. The summed E-state index contributed by atoms with van der Waals surface area (Å²) in [6, 6.07) is 29.6. The van der Waals surface area contributed by atoms with E-state index in [9.17, 15) is 4.79 Å². The molecule has 0 saturated heterocycles. The quantitative estimate of drug-likeness (QED) is 0.296. The lowest BCUT2D eigenvalue weighted by Gasteiger charge is -2.36. The molecule has 3 aliphatic rings. The van der Waals surface area contributed by atoms with E-state index in [0.29, 0.717) is 5.75 Å². The summed E-state index contributed by atoms with van der Waals surface area (Å²) in [5.41, 5.74) is 8.69. The van der Waals surface area contributed by atoms with Crippen LogP contribution in [0.15, 0.2) is 90.5 Å². The number of ether oxygens (including phenoxy) is 1. The third-order valence-electron chi connectivity index (χ3n) is 6.93. The molecular formula is C28H18O2. The van der Waals surface area contributed by atoms with Gasteiger partial charge in [0.05, 0.1) is 0 Å². The number of fused-ring (bicyclic) bond motifs is 3. The van der Waals surface area contributed by atoms with E-state index in [1.807, 2.05) is 12.1 Å². The minimum absolute atomic E-state index is 0.154. The summed E-state index contributed by atoms with van der Waals surface area (Å²) in [5, 5.41) is 2.22. The Bertz CT molecular complexity index is 1410. The van der Waals surface area contributed by atoms with Gasteiger partial charge in [-0.3, -0.25) is 4.79 Å². The molecule has 0 bridgehead atoms. The van der Waals surface area contributed by atoms with Crippen molar-refractivity contribution in [2.75, 3.05) is 0 Å². The number of rotatable bonds is 1. The standard InChI is InChI=1S/C28H18O2/c29-28-27-25-19-11-5-4-9-18(19)15-21(25)23(16-7-2-1-3-8-16)20-14-13-17-10-6-12-22(30-28)24(17)26(20)27/h1-14,23,27H,15H2. The Hall–Kier alpha value is -3.65. The SMILES string of the molecule is O=C1Oc2cccc3ccc4c(c23)C1C1=C(Cc2ccccc21)C4c1ccccc1. The lowest BCUT2D eigenvalue weighted by atomic mass is 9.68. The normalized spacial score (nSPS) is 20.7. The predicted molar refractivity (Wildman–Crippen MR) is 118 cm³/mol. The van der Waals surface area contributed by atoms with Crippen molar-refractivity contribution >= 4 is 22.3 Å². The van der Waals surface area contributed by atoms with Gasteiger partial charge >= 0.3 is 5.97 Å². The van der Waals surface area contributed by atoms with Gasteiger partial charge in [0.25, 0.3) is 0 Å². The first-order valence-corrected chi connectivity index (χ1v) is 10.4. The fourth-order valence-corrected chi connectivity index (χ4v) is 5.81. The lowest BCUT2D eigenvalue weighted by Crippen LogP contribution is -2.29.